The van der Waals surface area contributed by atoms with Crippen LogP contribution in [0.25, 0.3) is 0 Å². The maximum Gasteiger partial charge on any atom is 0.422 e. The zero-order chi connectivity index (χ0) is 26.2. The van der Waals surface area contributed by atoms with Crippen LogP contribution in [-0.2, 0) is 34.1 Å². The summed E-state index contributed by atoms with van der Waals surface area (Å²) in [5, 5.41) is 0. The van der Waals surface area contributed by atoms with Crippen molar-refractivity contribution in [1.29, 1.82) is 0 Å². The van der Waals surface area contributed by atoms with Crippen LogP contribution in [0.4, 0.5) is 23.2 Å². The first-order valence-electron chi connectivity index (χ1n) is 11.1. The molecule has 2 aromatic rings. The van der Waals surface area contributed by atoms with Gasteiger partial charge in [0.15, 0.2) is 0 Å². The van der Waals surface area contributed by atoms with Crippen LogP contribution in [0.15, 0.2) is 33.7 Å². The molecule has 1 saturated carbocycles. The number of nitrogens with zero attached hydrogens (tertiary/aromatic N) is 1. The van der Waals surface area contributed by atoms with E-state index >= 15 is 0 Å². The average Bonchev–Trinajstić information content (AvgIpc) is 3.18. The highest BCUT2D eigenvalue weighted by atomic mass is 79.9. The van der Waals surface area contributed by atoms with Crippen molar-refractivity contribution in [2.75, 3.05) is 4.72 Å². The third-order valence-corrected chi connectivity index (χ3v) is 8.84. The molecule has 1 heterocycles. The fraction of sp³-hybridized carbons (Fsp3) is 0.522. The summed E-state index contributed by atoms with van der Waals surface area (Å²) in [6.45, 7) is 4.31. The molecule has 35 heavy (non-hydrogen) atoms. The number of anilines is 1. The SMILES string of the molecule is CC(C)OCn1cc(NS(=O)(=O)C2(C)CCCC2)c(Cc2ccc(Br)cc2F)c(C(F)(F)F)c1=O. The molecular weight excluding hydrogens is 556 g/mol. The molecule has 0 aliphatic heterocycles. The molecule has 1 fully saturated rings. The van der Waals surface area contributed by atoms with Crippen LogP contribution in [0.2, 0.25) is 0 Å². The van der Waals surface area contributed by atoms with Gasteiger partial charge in [-0.1, -0.05) is 34.8 Å². The van der Waals surface area contributed by atoms with Crippen molar-refractivity contribution in [3.8, 4) is 0 Å². The van der Waals surface area contributed by atoms with Gasteiger partial charge in [-0.05, 0) is 51.3 Å². The van der Waals surface area contributed by atoms with Crippen molar-refractivity contribution >= 4 is 31.6 Å². The minimum Gasteiger partial charge on any atom is -0.358 e. The molecular formula is C23H27BrF4N2O4S. The molecule has 0 bridgehead atoms. The number of halogens is 5. The minimum absolute atomic E-state index is 0.123. The van der Waals surface area contributed by atoms with E-state index in [1.165, 1.54) is 12.1 Å². The Hall–Kier alpha value is -1.92. The van der Waals surface area contributed by atoms with Crippen LogP contribution in [0.3, 0.4) is 0 Å². The van der Waals surface area contributed by atoms with Crippen molar-refractivity contribution in [3.05, 3.63) is 61.7 Å². The number of benzene rings is 1. The van der Waals surface area contributed by atoms with Gasteiger partial charge in [-0.2, -0.15) is 13.2 Å². The topological polar surface area (TPSA) is 77.4 Å². The van der Waals surface area contributed by atoms with Crippen LogP contribution in [0, 0.1) is 5.82 Å². The highest BCUT2D eigenvalue weighted by Crippen LogP contribution is 2.39. The summed E-state index contributed by atoms with van der Waals surface area (Å²) in [7, 11) is -4.14. The first kappa shape index (κ1) is 27.7. The highest BCUT2D eigenvalue weighted by Gasteiger charge is 2.44. The van der Waals surface area contributed by atoms with E-state index in [-0.39, 0.29) is 5.56 Å². The average molecular weight is 583 g/mol. The summed E-state index contributed by atoms with van der Waals surface area (Å²) in [6, 6.07) is 3.82. The van der Waals surface area contributed by atoms with Crippen LogP contribution in [0.1, 0.15) is 63.1 Å². The molecule has 0 unspecified atom stereocenters. The summed E-state index contributed by atoms with van der Waals surface area (Å²) in [6.07, 6.45) is -3.14. The smallest absolute Gasteiger partial charge is 0.358 e. The van der Waals surface area contributed by atoms with Crippen molar-refractivity contribution in [2.24, 2.45) is 0 Å². The summed E-state index contributed by atoms with van der Waals surface area (Å²) in [5.41, 5.74) is -4.17. The van der Waals surface area contributed by atoms with E-state index in [2.05, 4.69) is 20.7 Å². The van der Waals surface area contributed by atoms with Crippen molar-refractivity contribution in [3.63, 3.8) is 0 Å². The molecule has 1 aromatic heterocycles. The van der Waals surface area contributed by atoms with Crippen LogP contribution in [-0.4, -0.2) is 23.8 Å². The van der Waals surface area contributed by atoms with Crippen LogP contribution in [0.5, 0.6) is 0 Å². The molecule has 0 spiro atoms. The molecule has 0 radical (unpaired) electrons. The van der Waals surface area contributed by atoms with Crippen molar-refractivity contribution < 1.29 is 30.7 Å². The number of alkyl halides is 3. The second-order valence-corrected chi connectivity index (χ2v) is 12.3. The lowest BCUT2D eigenvalue weighted by atomic mass is 9.99. The van der Waals surface area contributed by atoms with Gasteiger partial charge in [0.25, 0.3) is 5.56 Å². The molecule has 1 aromatic carbocycles. The summed E-state index contributed by atoms with van der Waals surface area (Å²) >= 11 is 3.10. The molecule has 12 heteroatoms. The number of hydrogen-bond donors (Lipinski definition) is 1. The third-order valence-electron chi connectivity index (χ3n) is 6.15. The lowest BCUT2D eigenvalue weighted by molar-refractivity contribution is -0.139. The number of aromatic nitrogens is 1. The molecule has 1 N–H and O–H groups in total. The van der Waals surface area contributed by atoms with E-state index < -0.39 is 68.4 Å². The molecule has 0 atom stereocenters. The number of rotatable bonds is 8. The Labute approximate surface area is 209 Å². The summed E-state index contributed by atoms with van der Waals surface area (Å²) in [4.78, 5) is 12.9. The maximum atomic E-state index is 14.6. The second-order valence-electron chi connectivity index (χ2n) is 9.19. The highest BCUT2D eigenvalue weighted by molar-refractivity contribution is 9.10. The number of sulfonamides is 1. The fourth-order valence-corrected chi connectivity index (χ4v) is 5.98. The van der Waals surface area contributed by atoms with Gasteiger partial charge >= 0.3 is 6.18 Å². The van der Waals surface area contributed by atoms with Crippen molar-refractivity contribution in [2.45, 2.75) is 76.6 Å². The molecule has 194 valence electrons. The summed E-state index contributed by atoms with van der Waals surface area (Å²) < 4.78 is 91.3. The first-order valence-corrected chi connectivity index (χ1v) is 13.3. The van der Waals surface area contributed by atoms with E-state index in [9.17, 15) is 30.8 Å². The normalized spacial score (nSPS) is 16.1. The molecule has 1 aliphatic rings. The summed E-state index contributed by atoms with van der Waals surface area (Å²) in [5.74, 6) is -0.795. The third kappa shape index (κ3) is 6.08. The predicted molar refractivity (Wildman–Crippen MR) is 128 cm³/mol. The molecule has 0 amide bonds. The Kier molecular flexibility index (Phi) is 8.07. The number of hydrogen-bond acceptors (Lipinski definition) is 4. The van der Waals surface area contributed by atoms with E-state index in [1.54, 1.807) is 20.8 Å². The van der Waals surface area contributed by atoms with Crippen molar-refractivity contribution in [1.82, 2.24) is 4.57 Å². The Morgan fingerprint density at radius 3 is 2.40 bits per heavy atom. The number of ether oxygens (including phenoxy) is 1. The van der Waals surface area contributed by atoms with Gasteiger partial charge in [-0.15, -0.1) is 0 Å². The van der Waals surface area contributed by atoms with Crippen LogP contribution >= 0.6 is 15.9 Å². The maximum absolute atomic E-state index is 14.6. The number of pyridine rings is 1. The van der Waals surface area contributed by atoms with Gasteiger partial charge in [-0.3, -0.25) is 14.1 Å². The first-order chi connectivity index (χ1) is 16.1. The quantitative estimate of drug-likeness (QED) is 0.398. The van der Waals surface area contributed by atoms with Gasteiger partial charge in [-0.25, -0.2) is 12.8 Å². The predicted octanol–water partition coefficient (Wildman–Crippen LogP) is 5.82. The molecule has 6 nitrogen and oxygen atoms in total. The van der Waals surface area contributed by atoms with Gasteiger partial charge < -0.3 is 4.74 Å². The molecule has 3 rings (SSSR count). The minimum atomic E-state index is -5.13. The fourth-order valence-electron chi connectivity index (χ4n) is 4.10. The Morgan fingerprint density at radius 1 is 1.23 bits per heavy atom. The lowest BCUT2D eigenvalue weighted by Crippen LogP contribution is -2.39. The molecule has 1 aliphatic carbocycles. The van der Waals surface area contributed by atoms with Gasteiger partial charge in [0.05, 0.1) is 16.5 Å². The van der Waals surface area contributed by atoms with Gasteiger partial charge in [0.2, 0.25) is 10.0 Å². The largest absolute Gasteiger partial charge is 0.422 e. The van der Waals surface area contributed by atoms with Gasteiger partial charge in [0.1, 0.15) is 18.1 Å². The van der Waals surface area contributed by atoms with E-state index in [0.717, 1.165) is 12.3 Å². The van der Waals surface area contributed by atoms with E-state index in [4.69, 9.17) is 4.74 Å². The van der Waals surface area contributed by atoms with E-state index in [1.807, 2.05) is 0 Å². The lowest BCUT2D eigenvalue weighted by Gasteiger charge is -2.27. The second kappa shape index (κ2) is 10.2. The zero-order valence-electron chi connectivity index (χ0n) is 19.5. The Balaban J connectivity index is 2.24. The monoisotopic (exact) mass is 582 g/mol. The van der Waals surface area contributed by atoms with Gasteiger partial charge in [0, 0.05) is 22.7 Å². The van der Waals surface area contributed by atoms with Crippen LogP contribution < -0.4 is 10.3 Å². The van der Waals surface area contributed by atoms with E-state index in [0.29, 0.717) is 34.7 Å². The Bertz CT molecular complexity index is 1250. The molecule has 0 saturated heterocycles. The standard InChI is InChI=1S/C23H27BrF4N2O4S/c1-14(2)34-13-30-12-19(29-35(32,33)22(3)8-4-5-9-22)17(20(21(30)31)23(26,27)28)10-15-6-7-16(24)11-18(15)25/h6-7,11-12,14,29H,4-5,8-10,13H2,1-3H3. The number of nitrogens with one attached hydrogen (secondary N) is 1. The Morgan fingerprint density at radius 2 is 1.86 bits per heavy atom. The zero-order valence-corrected chi connectivity index (χ0v) is 21.9.